The van der Waals surface area contributed by atoms with Crippen LogP contribution in [0.15, 0.2) is 18.2 Å². The summed E-state index contributed by atoms with van der Waals surface area (Å²) in [5.74, 6) is 0.153. The van der Waals surface area contributed by atoms with Gasteiger partial charge in [-0.3, -0.25) is 4.72 Å². The van der Waals surface area contributed by atoms with Gasteiger partial charge in [-0.25, -0.2) is 8.42 Å². The van der Waals surface area contributed by atoms with Crippen LogP contribution in [-0.2, 0) is 10.0 Å². The molecule has 5 heteroatoms. The van der Waals surface area contributed by atoms with E-state index in [-0.39, 0.29) is 11.8 Å². The van der Waals surface area contributed by atoms with Crippen molar-refractivity contribution in [1.82, 2.24) is 5.32 Å². The van der Waals surface area contributed by atoms with Gasteiger partial charge in [-0.05, 0) is 50.4 Å². The molecule has 0 aromatic heterocycles. The van der Waals surface area contributed by atoms with E-state index in [1.54, 1.807) is 0 Å². The molecule has 0 bridgehead atoms. The Balaban J connectivity index is 2.05. The highest BCUT2D eigenvalue weighted by atomic mass is 32.2. The fraction of sp³-hybridized carbons (Fsp3) is 0.571. The van der Waals surface area contributed by atoms with Crippen LogP contribution in [-0.4, -0.2) is 26.8 Å². The number of sulfonamides is 1. The number of rotatable bonds is 4. The highest BCUT2D eigenvalue weighted by molar-refractivity contribution is 7.92. The molecular weight excluding hydrogens is 260 g/mol. The topological polar surface area (TPSA) is 58.2 Å². The summed E-state index contributed by atoms with van der Waals surface area (Å²) in [4.78, 5) is 0. The van der Waals surface area contributed by atoms with Crippen LogP contribution in [0.3, 0.4) is 0 Å². The van der Waals surface area contributed by atoms with Crippen LogP contribution in [0.25, 0.3) is 0 Å². The third kappa shape index (κ3) is 4.21. The number of aryl methyl sites for hydroxylation is 2. The van der Waals surface area contributed by atoms with Gasteiger partial charge in [0.1, 0.15) is 0 Å². The highest BCUT2D eigenvalue weighted by Gasteiger charge is 2.21. The van der Waals surface area contributed by atoms with E-state index in [0.29, 0.717) is 5.69 Å². The second kappa shape index (κ2) is 5.92. The minimum atomic E-state index is -3.29. The molecule has 106 valence electrons. The monoisotopic (exact) mass is 282 g/mol. The van der Waals surface area contributed by atoms with Gasteiger partial charge < -0.3 is 5.32 Å². The van der Waals surface area contributed by atoms with Crippen molar-refractivity contribution in [3.63, 3.8) is 0 Å². The molecule has 19 heavy (non-hydrogen) atoms. The largest absolute Gasteiger partial charge is 0.313 e. The predicted octanol–water partition coefficient (Wildman–Crippen LogP) is 2.19. The Morgan fingerprint density at radius 1 is 1.32 bits per heavy atom. The van der Waals surface area contributed by atoms with E-state index in [0.717, 1.165) is 36.9 Å². The first-order chi connectivity index (χ1) is 8.96. The number of hydrogen-bond acceptors (Lipinski definition) is 3. The van der Waals surface area contributed by atoms with Gasteiger partial charge in [-0.2, -0.15) is 0 Å². The van der Waals surface area contributed by atoms with E-state index < -0.39 is 10.0 Å². The fourth-order valence-electron chi connectivity index (χ4n) is 2.39. The average Bonchev–Trinajstić information content (AvgIpc) is 2.34. The van der Waals surface area contributed by atoms with Crippen molar-refractivity contribution in [1.29, 1.82) is 0 Å². The normalized spacial score (nSPS) is 20.2. The van der Waals surface area contributed by atoms with Crippen LogP contribution < -0.4 is 10.0 Å². The molecule has 0 aliphatic carbocycles. The third-order valence-corrected chi connectivity index (χ3v) is 4.86. The molecule has 0 amide bonds. The molecular formula is C14H22N2O2S. The Labute approximate surface area is 115 Å². The SMILES string of the molecule is Cc1ccc(C)c(NS(=O)(=O)CC2CCCCN2)c1. The van der Waals surface area contributed by atoms with Crippen LogP contribution >= 0.6 is 0 Å². The van der Waals surface area contributed by atoms with Gasteiger partial charge in [-0.15, -0.1) is 0 Å². The number of anilines is 1. The van der Waals surface area contributed by atoms with Crippen LogP contribution in [0.1, 0.15) is 30.4 Å². The lowest BCUT2D eigenvalue weighted by Gasteiger charge is -2.23. The number of benzene rings is 1. The maximum absolute atomic E-state index is 12.2. The van der Waals surface area contributed by atoms with Crippen LogP contribution in [0.5, 0.6) is 0 Å². The maximum atomic E-state index is 12.2. The van der Waals surface area contributed by atoms with Gasteiger partial charge in [0.2, 0.25) is 10.0 Å². The molecule has 1 aliphatic heterocycles. The van der Waals surface area contributed by atoms with E-state index in [9.17, 15) is 8.42 Å². The van der Waals surface area contributed by atoms with E-state index in [1.807, 2.05) is 32.0 Å². The summed E-state index contributed by atoms with van der Waals surface area (Å²) in [6.45, 7) is 4.79. The fourth-order valence-corrected chi connectivity index (χ4v) is 3.84. The first-order valence-electron chi connectivity index (χ1n) is 6.77. The summed E-state index contributed by atoms with van der Waals surface area (Å²) in [5.41, 5.74) is 2.70. The van der Waals surface area contributed by atoms with Crippen LogP contribution in [0.4, 0.5) is 5.69 Å². The minimum absolute atomic E-state index is 0.0800. The Morgan fingerprint density at radius 2 is 2.11 bits per heavy atom. The Bertz CT molecular complexity index is 534. The molecule has 1 aromatic carbocycles. The molecule has 1 aromatic rings. The van der Waals surface area contributed by atoms with Crippen LogP contribution in [0.2, 0.25) is 0 Å². The van der Waals surface area contributed by atoms with Gasteiger partial charge in [0, 0.05) is 6.04 Å². The van der Waals surface area contributed by atoms with Crippen molar-refractivity contribution in [2.75, 3.05) is 17.0 Å². The second-order valence-corrected chi connectivity index (χ2v) is 7.12. The van der Waals surface area contributed by atoms with Gasteiger partial charge in [-0.1, -0.05) is 18.6 Å². The lowest BCUT2D eigenvalue weighted by atomic mass is 10.1. The van der Waals surface area contributed by atoms with Gasteiger partial charge >= 0.3 is 0 Å². The van der Waals surface area contributed by atoms with Crippen molar-refractivity contribution >= 4 is 15.7 Å². The minimum Gasteiger partial charge on any atom is -0.313 e. The molecule has 0 radical (unpaired) electrons. The number of nitrogens with one attached hydrogen (secondary N) is 2. The first-order valence-corrected chi connectivity index (χ1v) is 8.43. The molecule has 2 N–H and O–H groups in total. The van der Waals surface area contributed by atoms with E-state index >= 15 is 0 Å². The molecule has 1 fully saturated rings. The summed E-state index contributed by atoms with van der Waals surface area (Å²) in [7, 11) is -3.29. The van der Waals surface area contributed by atoms with Crippen molar-refractivity contribution in [3.05, 3.63) is 29.3 Å². The van der Waals surface area contributed by atoms with E-state index in [4.69, 9.17) is 0 Å². The quantitative estimate of drug-likeness (QED) is 0.890. The number of hydrogen-bond donors (Lipinski definition) is 2. The van der Waals surface area contributed by atoms with Gasteiger partial charge in [0.15, 0.2) is 0 Å². The zero-order valence-corrected chi connectivity index (χ0v) is 12.4. The summed E-state index contributed by atoms with van der Waals surface area (Å²) < 4.78 is 27.1. The van der Waals surface area contributed by atoms with Crippen molar-refractivity contribution in [2.24, 2.45) is 0 Å². The summed E-state index contributed by atoms with van der Waals surface area (Å²) >= 11 is 0. The molecule has 0 spiro atoms. The molecule has 2 rings (SSSR count). The van der Waals surface area contributed by atoms with Crippen molar-refractivity contribution in [2.45, 2.75) is 39.2 Å². The lowest BCUT2D eigenvalue weighted by Crippen LogP contribution is -2.40. The Kier molecular flexibility index (Phi) is 4.47. The molecule has 4 nitrogen and oxygen atoms in total. The number of piperidine rings is 1. The lowest BCUT2D eigenvalue weighted by molar-refractivity contribution is 0.424. The molecule has 1 aliphatic rings. The Morgan fingerprint density at radius 3 is 2.79 bits per heavy atom. The molecule has 0 saturated carbocycles. The zero-order chi connectivity index (χ0) is 13.9. The summed E-state index contributed by atoms with van der Waals surface area (Å²) in [6.07, 6.45) is 3.19. The van der Waals surface area contributed by atoms with E-state index in [2.05, 4.69) is 10.0 Å². The predicted molar refractivity (Wildman–Crippen MR) is 79.0 cm³/mol. The van der Waals surface area contributed by atoms with Crippen molar-refractivity contribution in [3.8, 4) is 0 Å². The smallest absolute Gasteiger partial charge is 0.234 e. The average molecular weight is 282 g/mol. The van der Waals surface area contributed by atoms with E-state index in [1.165, 1.54) is 0 Å². The summed E-state index contributed by atoms with van der Waals surface area (Å²) in [6, 6.07) is 5.87. The van der Waals surface area contributed by atoms with Crippen LogP contribution in [0, 0.1) is 13.8 Å². The first kappa shape index (κ1) is 14.3. The molecule has 1 saturated heterocycles. The standard InChI is InChI=1S/C14H22N2O2S/c1-11-6-7-12(2)14(9-11)16-19(17,18)10-13-5-3-4-8-15-13/h6-7,9,13,15-16H,3-5,8,10H2,1-2H3. The second-order valence-electron chi connectivity index (χ2n) is 5.35. The van der Waals surface area contributed by atoms with Gasteiger partial charge in [0.05, 0.1) is 11.4 Å². The zero-order valence-electron chi connectivity index (χ0n) is 11.6. The maximum Gasteiger partial charge on any atom is 0.234 e. The highest BCUT2D eigenvalue weighted by Crippen LogP contribution is 2.19. The molecule has 1 atom stereocenters. The Hall–Kier alpha value is -1.07. The third-order valence-electron chi connectivity index (χ3n) is 3.49. The molecule has 1 heterocycles. The molecule has 1 unspecified atom stereocenters. The van der Waals surface area contributed by atoms with Gasteiger partial charge in [0.25, 0.3) is 0 Å². The summed E-state index contributed by atoms with van der Waals surface area (Å²) in [5, 5.41) is 3.27. The van der Waals surface area contributed by atoms with Crippen molar-refractivity contribution < 1.29 is 8.42 Å².